The number of ether oxygens (including phenoxy) is 2. The Morgan fingerprint density at radius 3 is 2.72 bits per heavy atom. The molecular formula is C18H31FN4O2. The molecule has 142 valence electrons. The van der Waals surface area contributed by atoms with Crippen molar-refractivity contribution in [1.82, 2.24) is 15.5 Å². The maximum atomic E-state index is 13.6. The van der Waals surface area contributed by atoms with Crippen molar-refractivity contribution in [2.24, 2.45) is 4.99 Å². The van der Waals surface area contributed by atoms with Gasteiger partial charge >= 0.3 is 0 Å². The first-order chi connectivity index (χ1) is 12.1. The predicted octanol–water partition coefficient (Wildman–Crippen LogP) is 1.73. The van der Waals surface area contributed by atoms with E-state index in [2.05, 4.69) is 27.6 Å². The lowest BCUT2D eigenvalue weighted by molar-refractivity contribution is 0.180. The van der Waals surface area contributed by atoms with Crippen molar-refractivity contribution in [2.45, 2.75) is 19.4 Å². The lowest BCUT2D eigenvalue weighted by atomic mass is 10.3. The van der Waals surface area contributed by atoms with Gasteiger partial charge in [0.2, 0.25) is 0 Å². The number of methoxy groups -OCH3 is 1. The van der Waals surface area contributed by atoms with E-state index in [4.69, 9.17) is 9.47 Å². The van der Waals surface area contributed by atoms with Crippen LogP contribution in [-0.4, -0.2) is 71.0 Å². The van der Waals surface area contributed by atoms with E-state index in [1.165, 1.54) is 6.07 Å². The smallest absolute Gasteiger partial charge is 0.191 e. The molecule has 1 unspecified atom stereocenters. The summed E-state index contributed by atoms with van der Waals surface area (Å²) in [7, 11) is 5.52. The summed E-state index contributed by atoms with van der Waals surface area (Å²) < 4.78 is 24.2. The standard InChI is InChI=1S/C18H31FN4O2/c1-15(25-17-9-6-5-8-16(17)19)14-22-18(20-2)21-10-12-23(3)11-7-13-24-4/h5-6,8-9,15H,7,10-14H2,1-4H3,(H2,20,21,22). The van der Waals surface area contributed by atoms with Crippen molar-refractivity contribution in [3.05, 3.63) is 30.1 Å². The Morgan fingerprint density at radius 2 is 2.04 bits per heavy atom. The third-order valence-electron chi connectivity index (χ3n) is 3.62. The van der Waals surface area contributed by atoms with E-state index in [0.29, 0.717) is 12.5 Å². The Bertz CT molecular complexity index is 514. The average Bonchev–Trinajstić information content (AvgIpc) is 2.60. The summed E-state index contributed by atoms with van der Waals surface area (Å²) in [5.74, 6) is 0.611. The van der Waals surface area contributed by atoms with Crippen LogP contribution in [0.2, 0.25) is 0 Å². The van der Waals surface area contributed by atoms with E-state index in [1.54, 1.807) is 32.4 Å². The molecule has 1 aromatic carbocycles. The highest BCUT2D eigenvalue weighted by molar-refractivity contribution is 5.79. The molecule has 0 aliphatic carbocycles. The molecular weight excluding hydrogens is 323 g/mol. The number of rotatable bonds is 11. The summed E-state index contributed by atoms with van der Waals surface area (Å²) in [6.07, 6.45) is 0.831. The fraction of sp³-hybridized carbons (Fsp3) is 0.611. The second-order valence-corrected chi connectivity index (χ2v) is 5.89. The van der Waals surface area contributed by atoms with Crippen LogP contribution in [0.4, 0.5) is 4.39 Å². The van der Waals surface area contributed by atoms with Crippen molar-refractivity contribution >= 4 is 5.96 Å². The van der Waals surface area contributed by atoms with Gasteiger partial charge in [-0.2, -0.15) is 0 Å². The Morgan fingerprint density at radius 1 is 1.28 bits per heavy atom. The first-order valence-electron chi connectivity index (χ1n) is 8.60. The predicted molar refractivity (Wildman–Crippen MR) is 99.8 cm³/mol. The number of para-hydroxylation sites is 1. The molecule has 0 radical (unpaired) electrons. The Balaban J connectivity index is 2.24. The largest absolute Gasteiger partial charge is 0.486 e. The van der Waals surface area contributed by atoms with Crippen LogP contribution in [0.1, 0.15) is 13.3 Å². The highest BCUT2D eigenvalue weighted by Crippen LogP contribution is 2.16. The Kier molecular flexibility index (Phi) is 10.6. The van der Waals surface area contributed by atoms with E-state index < -0.39 is 0 Å². The van der Waals surface area contributed by atoms with Crippen LogP contribution >= 0.6 is 0 Å². The molecule has 0 aromatic heterocycles. The van der Waals surface area contributed by atoms with E-state index in [0.717, 1.165) is 32.7 Å². The zero-order chi connectivity index (χ0) is 18.5. The monoisotopic (exact) mass is 354 g/mol. The minimum Gasteiger partial charge on any atom is -0.486 e. The SMILES string of the molecule is CN=C(NCCN(C)CCCOC)NCC(C)Oc1ccccc1F. The number of guanidine groups is 1. The third-order valence-corrected chi connectivity index (χ3v) is 3.62. The number of benzene rings is 1. The van der Waals surface area contributed by atoms with Gasteiger partial charge in [0.1, 0.15) is 6.10 Å². The molecule has 0 aliphatic heterocycles. The lowest BCUT2D eigenvalue weighted by Gasteiger charge is -2.20. The maximum Gasteiger partial charge on any atom is 0.191 e. The molecule has 0 heterocycles. The molecule has 0 bridgehead atoms. The van der Waals surface area contributed by atoms with Crippen LogP contribution in [0, 0.1) is 5.82 Å². The summed E-state index contributed by atoms with van der Waals surface area (Å²) in [5.41, 5.74) is 0. The number of halogens is 1. The fourth-order valence-electron chi connectivity index (χ4n) is 2.22. The van der Waals surface area contributed by atoms with Crippen LogP contribution < -0.4 is 15.4 Å². The van der Waals surface area contributed by atoms with Gasteiger partial charge in [-0.05, 0) is 32.5 Å². The maximum absolute atomic E-state index is 13.6. The normalized spacial score (nSPS) is 13.0. The molecule has 1 aromatic rings. The molecule has 0 aliphatic rings. The van der Waals surface area contributed by atoms with Crippen LogP contribution in [0.15, 0.2) is 29.3 Å². The van der Waals surface area contributed by atoms with Crippen molar-refractivity contribution in [1.29, 1.82) is 0 Å². The van der Waals surface area contributed by atoms with Crippen molar-refractivity contribution in [3.63, 3.8) is 0 Å². The highest BCUT2D eigenvalue weighted by atomic mass is 19.1. The van der Waals surface area contributed by atoms with Crippen LogP contribution in [0.25, 0.3) is 0 Å². The molecule has 25 heavy (non-hydrogen) atoms. The third kappa shape index (κ3) is 9.26. The molecule has 0 spiro atoms. The molecule has 6 nitrogen and oxygen atoms in total. The summed E-state index contributed by atoms with van der Waals surface area (Å²) in [4.78, 5) is 6.42. The van der Waals surface area contributed by atoms with Crippen LogP contribution in [0.5, 0.6) is 5.75 Å². The number of nitrogens with zero attached hydrogens (tertiary/aromatic N) is 2. The first kappa shape index (κ1) is 21.2. The van der Waals surface area contributed by atoms with E-state index in [-0.39, 0.29) is 17.7 Å². The molecule has 1 rings (SSSR count). The highest BCUT2D eigenvalue weighted by Gasteiger charge is 2.09. The van der Waals surface area contributed by atoms with E-state index in [1.807, 2.05) is 6.92 Å². The number of likely N-dealkylation sites (N-methyl/N-ethyl adjacent to an activating group) is 1. The van der Waals surface area contributed by atoms with E-state index in [9.17, 15) is 4.39 Å². The zero-order valence-corrected chi connectivity index (χ0v) is 15.7. The van der Waals surface area contributed by atoms with Gasteiger partial charge in [-0.1, -0.05) is 12.1 Å². The van der Waals surface area contributed by atoms with Gasteiger partial charge in [0, 0.05) is 40.4 Å². The topological polar surface area (TPSA) is 58.1 Å². The number of nitrogens with one attached hydrogen (secondary N) is 2. The Labute approximate surface area is 150 Å². The quantitative estimate of drug-likeness (QED) is 0.360. The van der Waals surface area contributed by atoms with Gasteiger partial charge in [0.25, 0.3) is 0 Å². The van der Waals surface area contributed by atoms with Gasteiger partial charge in [-0.15, -0.1) is 0 Å². The second kappa shape index (κ2) is 12.5. The molecule has 0 saturated carbocycles. The summed E-state index contributed by atoms with van der Waals surface area (Å²) >= 11 is 0. The molecule has 0 fully saturated rings. The van der Waals surface area contributed by atoms with Gasteiger partial charge in [-0.3, -0.25) is 4.99 Å². The fourth-order valence-corrected chi connectivity index (χ4v) is 2.22. The molecule has 1 atom stereocenters. The lowest BCUT2D eigenvalue weighted by Crippen LogP contribution is -2.44. The van der Waals surface area contributed by atoms with Gasteiger partial charge in [-0.25, -0.2) is 4.39 Å². The van der Waals surface area contributed by atoms with Crippen LogP contribution in [0.3, 0.4) is 0 Å². The molecule has 0 amide bonds. The van der Waals surface area contributed by atoms with E-state index >= 15 is 0 Å². The second-order valence-electron chi connectivity index (χ2n) is 5.89. The Hall–Kier alpha value is -1.86. The average molecular weight is 354 g/mol. The molecule has 7 heteroatoms. The minimum absolute atomic E-state index is 0.188. The van der Waals surface area contributed by atoms with Crippen LogP contribution in [-0.2, 0) is 4.74 Å². The zero-order valence-electron chi connectivity index (χ0n) is 15.7. The molecule has 0 saturated heterocycles. The van der Waals surface area contributed by atoms with Gasteiger partial charge in [0.05, 0.1) is 6.54 Å². The van der Waals surface area contributed by atoms with Gasteiger partial charge in [0.15, 0.2) is 17.5 Å². The first-order valence-corrected chi connectivity index (χ1v) is 8.60. The minimum atomic E-state index is -0.353. The van der Waals surface area contributed by atoms with Crippen molar-refractivity contribution in [2.75, 3.05) is 54.0 Å². The van der Waals surface area contributed by atoms with Crippen molar-refractivity contribution in [3.8, 4) is 5.75 Å². The van der Waals surface area contributed by atoms with Gasteiger partial charge < -0.3 is 25.0 Å². The summed E-state index contributed by atoms with van der Waals surface area (Å²) in [6, 6.07) is 6.41. The summed E-state index contributed by atoms with van der Waals surface area (Å²) in [6.45, 7) is 5.88. The number of hydrogen-bond acceptors (Lipinski definition) is 4. The molecule has 2 N–H and O–H groups in total. The number of aliphatic imine (C=N–C) groups is 1. The number of hydrogen-bond donors (Lipinski definition) is 2. The summed E-state index contributed by atoms with van der Waals surface area (Å²) in [5, 5.41) is 6.45. The van der Waals surface area contributed by atoms with Crippen molar-refractivity contribution < 1.29 is 13.9 Å².